The van der Waals surface area contributed by atoms with Gasteiger partial charge in [-0.2, -0.15) is 0 Å². The summed E-state index contributed by atoms with van der Waals surface area (Å²) in [6, 6.07) is 4.14. The second-order valence-electron chi connectivity index (χ2n) is 3.72. The average Bonchev–Trinajstić information content (AvgIpc) is 2.19. The van der Waals surface area contributed by atoms with E-state index in [0.29, 0.717) is 0 Å². The Morgan fingerprint density at radius 1 is 1.47 bits per heavy atom. The van der Waals surface area contributed by atoms with E-state index in [1.165, 1.54) is 5.56 Å². The summed E-state index contributed by atoms with van der Waals surface area (Å²) in [6.45, 7) is 6.15. The molecule has 3 heteroatoms. The quantitative estimate of drug-likeness (QED) is 0.791. The summed E-state index contributed by atoms with van der Waals surface area (Å²) in [7, 11) is 1.88. The molecule has 0 aliphatic rings. The van der Waals surface area contributed by atoms with Crippen LogP contribution in [0.3, 0.4) is 0 Å². The molecule has 1 heterocycles. The van der Waals surface area contributed by atoms with Crippen molar-refractivity contribution in [1.29, 1.82) is 0 Å². The van der Waals surface area contributed by atoms with Gasteiger partial charge in [0.15, 0.2) is 0 Å². The Bertz CT molecular complexity index is 369. The Morgan fingerprint density at radius 2 is 2.13 bits per heavy atom. The molecule has 82 valence electrons. The third-order valence-electron chi connectivity index (χ3n) is 2.67. The summed E-state index contributed by atoms with van der Waals surface area (Å²) < 4.78 is 0. The van der Waals surface area contributed by atoms with E-state index in [4.69, 9.17) is 5.73 Å². The third-order valence-corrected chi connectivity index (χ3v) is 2.67. The van der Waals surface area contributed by atoms with Crippen molar-refractivity contribution < 1.29 is 0 Å². The van der Waals surface area contributed by atoms with Crippen molar-refractivity contribution in [3.05, 3.63) is 41.0 Å². The smallest absolute Gasteiger partial charge is 0.0414 e. The molecule has 0 bridgehead atoms. The number of rotatable bonds is 3. The van der Waals surface area contributed by atoms with Gasteiger partial charge >= 0.3 is 0 Å². The molecule has 0 aliphatic carbocycles. The van der Waals surface area contributed by atoms with Crippen LogP contribution >= 0.6 is 0 Å². The molecule has 15 heavy (non-hydrogen) atoms. The van der Waals surface area contributed by atoms with Gasteiger partial charge in [-0.15, -0.1) is 0 Å². The van der Waals surface area contributed by atoms with E-state index in [0.717, 1.165) is 17.1 Å². The lowest BCUT2D eigenvalue weighted by atomic mass is 9.96. The molecule has 1 aromatic rings. The van der Waals surface area contributed by atoms with Crippen LogP contribution < -0.4 is 11.1 Å². The van der Waals surface area contributed by atoms with Crippen molar-refractivity contribution in [2.45, 2.75) is 26.7 Å². The molecule has 0 saturated heterocycles. The van der Waals surface area contributed by atoms with Gasteiger partial charge in [0.1, 0.15) is 0 Å². The van der Waals surface area contributed by atoms with Crippen molar-refractivity contribution in [3.8, 4) is 0 Å². The van der Waals surface area contributed by atoms with E-state index in [-0.39, 0.29) is 5.92 Å². The summed E-state index contributed by atoms with van der Waals surface area (Å²) in [4.78, 5) is 4.45. The molecule has 1 aromatic heterocycles. The number of pyridine rings is 1. The van der Waals surface area contributed by atoms with Crippen molar-refractivity contribution in [3.63, 3.8) is 0 Å². The number of aromatic nitrogens is 1. The molecule has 3 N–H and O–H groups in total. The van der Waals surface area contributed by atoms with E-state index in [9.17, 15) is 0 Å². The van der Waals surface area contributed by atoms with E-state index < -0.39 is 0 Å². The highest BCUT2D eigenvalue weighted by atomic mass is 14.9. The molecule has 0 amide bonds. The minimum atomic E-state index is 0.257. The monoisotopic (exact) mass is 205 g/mol. The number of hydrogen-bond donors (Lipinski definition) is 2. The van der Waals surface area contributed by atoms with Gasteiger partial charge in [-0.1, -0.05) is 13.0 Å². The molecule has 0 radical (unpaired) electrons. The normalized spacial score (nSPS) is 13.7. The SMILES string of the molecule is CN/C(=C\N)C(C)c1ccc(C)nc1C. The first-order valence-electron chi connectivity index (χ1n) is 5.13. The van der Waals surface area contributed by atoms with Crippen LogP contribution in [0.2, 0.25) is 0 Å². The first-order chi connectivity index (χ1) is 7.10. The fourth-order valence-electron chi connectivity index (χ4n) is 1.77. The van der Waals surface area contributed by atoms with Crippen LogP contribution in [-0.4, -0.2) is 12.0 Å². The summed E-state index contributed by atoms with van der Waals surface area (Å²) in [6.07, 6.45) is 1.62. The van der Waals surface area contributed by atoms with E-state index in [2.05, 4.69) is 23.3 Å². The largest absolute Gasteiger partial charge is 0.403 e. The lowest BCUT2D eigenvalue weighted by Gasteiger charge is -2.17. The van der Waals surface area contributed by atoms with Gasteiger partial charge in [-0.05, 0) is 25.5 Å². The molecule has 3 nitrogen and oxygen atoms in total. The third kappa shape index (κ3) is 2.49. The maximum absolute atomic E-state index is 5.56. The van der Waals surface area contributed by atoms with Crippen molar-refractivity contribution in [1.82, 2.24) is 10.3 Å². The minimum Gasteiger partial charge on any atom is -0.403 e. The standard InChI is InChI=1S/C12H19N3/c1-8-5-6-11(10(3)15-8)9(2)12(7-13)14-4/h5-7,9,14H,13H2,1-4H3/b12-7-. The zero-order chi connectivity index (χ0) is 11.4. The second-order valence-corrected chi connectivity index (χ2v) is 3.72. The maximum Gasteiger partial charge on any atom is 0.0414 e. The van der Waals surface area contributed by atoms with Gasteiger partial charge in [0.05, 0.1) is 0 Å². The fourth-order valence-corrected chi connectivity index (χ4v) is 1.77. The molecule has 0 aliphatic heterocycles. The predicted octanol–water partition coefficient (Wildman–Crippen LogP) is 1.82. The Morgan fingerprint density at radius 3 is 2.60 bits per heavy atom. The van der Waals surface area contributed by atoms with Gasteiger partial charge in [-0.3, -0.25) is 4.98 Å². The maximum atomic E-state index is 5.56. The van der Waals surface area contributed by atoms with E-state index in [1.807, 2.05) is 27.0 Å². The molecular formula is C12H19N3. The van der Waals surface area contributed by atoms with Crippen molar-refractivity contribution >= 4 is 0 Å². The van der Waals surface area contributed by atoms with Gasteiger partial charge in [0.2, 0.25) is 0 Å². The Labute approximate surface area is 91.4 Å². The molecular weight excluding hydrogens is 186 g/mol. The van der Waals surface area contributed by atoms with Gasteiger partial charge < -0.3 is 11.1 Å². The second kappa shape index (κ2) is 4.82. The summed E-state index contributed by atoms with van der Waals surface area (Å²) >= 11 is 0. The number of likely N-dealkylation sites (N-methyl/N-ethyl adjacent to an activating group) is 1. The van der Waals surface area contributed by atoms with Crippen molar-refractivity contribution in [2.24, 2.45) is 5.73 Å². The number of nitrogens with one attached hydrogen (secondary N) is 1. The van der Waals surface area contributed by atoms with Gasteiger partial charge in [0, 0.05) is 36.3 Å². The van der Waals surface area contributed by atoms with Gasteiger partial charge in [0.25, 0.3) is 0 Å². The molecule has 0 spiro atoms. The summed E-state index contributed by atoms with van der Waals surface area (Å²) in [5, 5.41) is 3.10. The lowest BCUT2D eigenvalue weighted by Crippen LogP contribution is -2.15. The average molecular weight is 205 g/mol. The fraction of sp³-hybridized carbons (Fsp3) is 0.417. The number of nitrogens with zero attached hydrogens (tertiary/aromatic N) is 1. The zero-order valence-electron chi connectivity index (χ0n) is 9.83. The topological polar surface area (TPSA) is 50.9 Å². The van der Waals surface area contributed by atoms with Crippen LogP contribution in [0.5, 0.6) is 0 Å². The first kappa shape index (κ1) is 11.6. The van der Waals surface area contributed by atoms with Crippen LogP contribution in [0, 0.1) is 13.8 Å². The molecule has 1 atom stereocenters. The predicted molar refractivity (Wildman–Crippen MR) is 63.5 cm³/mol. The number of hydrogen-bond acceptors (Lipinski definition) is 3. The van der Waals surface area contributed by atoms with Crippen LogP contribution in [0.4, 0.5) is 0 Å². The van der Waals surface area contributed by atoms with Crippen molar-refractivity contribution in [2.75, 3.05) is 7.05 Å². The molecule has 0 fully saturated rings. The highest BCUT2D eigenvalue weighted by Gasteiger charge is 2.12. The van der Waals surface area contributed by atoms with E-state index >= 15 is 0 Å². The highest BCUT2D eigenvalue weighted by Crippen LogP contribution is 2.23. The lowest BCUT2D eigenvalue weighted by molar-refractivity contribution is 0.774. The van der Waals surface area contributed by atoms with E-state index in [1.54, 1.807) is 6.20 Å². The highest BCUT2D eigenvalue weighted by molar-refractivity contribution is 5.31. The number of allylic oxidation sites excluding steroid dienone is 1. The zero-order valence-corrected chi connectivity index (χ0v) is 9.83. The Balaban J connectivity index is 3.06. The summed E-state index contributed by atoms with van der Waals surface area (Å²) in [5.74, 6) is 0.257. The van der Waals surface area contributed by atoms with Gasteiger partial charge in [-0.25, -0.2) is 0 Å². The molecule has 1 rings (SSSR count). The Kier molecular flexibility index (Phi) is 3.72. The summed E-state index contributed by atoms with van der Waals surface area (Å²) in [5.41, 5.74) is 9.90. The minimum absolute atomic E-state index is 0.257. The number of aryl methyl sites for hydroxylation is 2. The molecule has 0 saturated carbocycles. The molecule has 1 unspecified atom stereocenters. The number of nitrogens with two attached hydrogens (primary N) is 1. The van der Waals surface area contributed by atoms with Crippen LogP contribution in [0.1, 0.15) is 29.8 Å². The van der Waals surface area contributed by atoms with Crippen LogP contribution in [-0.2, 0) is 0 Å². The van der Waals surface area contributed by atoms with Crippen LogP contribution in [0.25, 0.3) is 0 Å². The Hall–Kier alpha value is -1.51. The van der Waals surface area contributed by atoms with Crippen LogP contribution in [0.15, 0.2) is 24.0 Å². The first-order valence-corrected chi connectivity index (χ1v) is 5.13. The molecule has 0 aromatic carbocycles.